The minimum absolute atomic E-state index is 0.0632. The quantitative estimate of drug-likeness (QED) is 0.250. The molecule has 2 saturated heterocycles. The molecule has 0 radical (unpaired) electrons. The zero-order chi connectivity index (χ0) is 29.0. The summed E-state index contributed by atoms with van der Waals surface area (Å²) in [7, 11) is 0. The van der Waals surface area contributed by atoms with E-state index < -0.39 is 0 Å². The van der Waals surface area contributed by atoms with Gasteiger partial charge < -0.3 is 24.7 Å². The maximum Gasteiger partial charge on any atom is 0.246 e. The second-order valence-electron chi connectivity index (χ2n) is 10.9. The minimum Gasteiger partial charge on any atom is -0.457 e. The van der Waals surface area contributed by atoms with E-state index >= 15 is 0 Å². The molecule has 5 heterocycles. The van der Waals surface area contributed by atoms with Crippen molar-refractivity contribution >= 4 is 39.5 Å². The predicted octanol–water partition coefficient (Wildman–Crippen LogP) is 4.90. The lowest BCUT2D eigenvalue weighted by Gasteiger charge is -2.32. The number of hydrogen-bond donors (Lipinski definition) is 2. The van der Waals surface area contributed by atoms with Crippen molar-refractivity contribution in [1.82, 2.24) is 34.5 Å². The molecule has 2 aliphatic rings. The van der Waals surface area contributed by atoms with Gasteiger partial charge in [-0.05, 0) is 49.2 Å². The first-order valence-electron chi connectivity index (χ1n) is 14.8. The van der Waals surface area contributed by atoms with Gasteiger partial charge >= 0.3 is 0 Å². The molecule has 0 atom stereocenters. The number of anilines is 2. The fraction of sp³-hybridized carbons (Fsp3) is 0.312. The Morgan fingerprint density at radius 2 is 1.77 bits per heavy atom. The topological polar surface area (TPSA) is 113 Å². The third kappa shape index (κ3) is 5.95. The maximum absolute atomic E-state index is 12.9. The molecule has 11 heteroatoms. The Balaban J connectivity index is 1.07. The number of nitrogens with one attached hydrogen (secondary N) is 2. The van der Waals surface area contributed by atoms with E-state index in [-0.39, 0.29) is 11.9 Å². The predicted molar refractivity (Wildman–Crippen MR) is 165 cm³/mol. The van der Waals surface area contributed by atoms with Gasteiger partial charge in [0.1, 0.15) is 17.1 Å². The number of amides is 1. The smallest absolute Gasteiger partial charge is 0.246 e. The van der Waals surface area contributed by atoms with E-state index in [2.05, 4.69) is 25.2 Å². The summed E-state index contributed by atoms with van der Waals surface area (Å²) in [6.45, 7) is 5.42. The first-order chi connectivity index (χ1) is 21.2. The normalized spacial score (nSPS) is 16.8. The van der Waals surface area contributed by atoms with Gasteiger partial charge in [0.15, 0.2) is 11.5 Å². The number of rotatable bonds is 8. The van der Waals surface area contributed by atoms with Gasteiger partial charge in [-0.2, -0.15) is 5.10 Å². The molecule has 11 nitrogen and oxygen atoms in total. The molecule has 2 N–H and O–H groups in total. The number of ether oxygens (including phenoxy) is 2. The summed E-state index contributed by atoms with van der Waals surface area (Å²) < 4.78 is 13.4. The lowest BCUT2D eigenvalue weighted by Crippen LogP contribution is -2.39. The highest BCUT2D eigenvalue weighted by Gasteiger charge is 2.26. The molecule has 0 aliphatic carbocycles. The number of aromatic nitrogens is 5. The summed E-state index contributed by atoms with van der Waals surface area (Å²) in [6, 6.07) is 17.6. The lowest BCUT2D eigenvalue weighted by molar-refractivity contribution is -0.127. The number of piperidine rings is 1. The van der Waals surface area contributed by atoms with Gasteiger partial charge in [0, 0.05) is 50.7 Å². The summed E-state index contributed by atoms with van der Waals surface area (Å²) in [5.41, 5.74) is 2.44. The number of aromatic amines is 1. The summed E-state index contributed by atoms with van der Waals surface area (Å²) in [5, 5.41) is 10.4. The standard InChI is InChI=1S/C32H34N8O3/c41-28(7-4-14-38-17-19-42-20-18-38)39-15-12-24(13-16-39)40-32-29-27(21-33-31(29)34-22-35-32)30(37-40)36-23-8-10-26(11-9-23)43-25-5-2-1-3-6-25/h1-11,21-22,24H,12-20H2,(H,36,37)(H,33,34,35)/b7-4+. The average molecular weight is 579 g/mol. The number of hydrogen-bond acceptors (Lipinski definition) is 8. The molecular weight excluding hydrogens is 544 g/mol. The van der Waals surface area contributed by atoms with Gasteiger partial charge in [0.25, 0.3) is 0 Å². The number of benzene rings is 2. The molecule has 5 aromatic rings. The number of H-pyrrole nitrogens is 1. The van der Waals surface area contributed by atoms with Crippen LogP contribution in [0.5, 0.6) is 11.5 Å². The van der Waals surface area contributed by atoms with Crippen LogP contribution in [-0.4, -0.2) is 86.4 Å². The van der Waals surface area contributed by atoms with E-state index in [1.807, 2.05) is 76.5 Å². The second-order valence-corrected chi connectivity index (χ2v) is 10.9. The van der Waals surface area contributed by atoms with Crippen LogP contribution in [0.2, 0.25) is 0 Å². The SMILES string of the molecule is O=C(/C=C/CN1CCOCC1)N1CCC(n2nc(Nc3ccc(Oc4ccccc4)cc3)c3cnc4[nH]cnc2c43)CC1. The minimum atomic E-state index is 0.0632. The van der Waals surface area contributed by atoms with Crippen molar-refractivity contribution in [3.05, 3.63) is 79.3 Å². The van der Waals surface area contributed by atoms with Crippen molar-refractivity contribution in [2.75, 3.05) is 51.3 Å². The van der Waals surface area contributed by atoms with Crippen molar-refractivity contribution in [1.29, 1.82) is 0 Å². The molecule has 0 saturated carbocycles. The van der Waals surface area contributed by atoms with Crippen molar-refractivity contribution in [2.45, 2.75) is 18.9 Å². The Bertz CT molecular complexity index is 1720. The third-order valence-electron chi connectivity index (χ3n) is 8.07. The molecular formula is C32H34N8O3. The van der Waals surface area contributed by atoms with E-state index in [1.165, 1.54) is 0 Å². The summed E-state index contributed by atoms with van der Waals surface area (Å²) in [6.07, 6.45) is 8.75. The van der Waals surface area contributed by atoms with Crippen LogP contribution in [-0.2, 0) is 9.53 Å². The molecule has 3 aromatic heterocycles. The van der Waals surface area contributed by atoms with Crippen molar-refractivity contribution in [2.24, 2.45) is 0 Å². The fourth-order valence-corrected chi connectivity index (χ4v) is 5.74. The highest BCUT2D eigenvalue weighted by atomic mass is 16.5. The molecule has 43 heavy (non-hydrogen) atoms. The Morgan fingerprint density at radius 1 is 1.00 bits per heavy atom. The van der Waals surface area contributed by atoms with Crippen LogP contribution in [0.15, 0.2) is 79.3 Å². The van der Waals surface area contributed by atoms with Gasteiger partial charge in [-0.3, -0.25) is 9.69 Å². The molecule has 1 amide bonds. The fourth-order valence-electron chi connectivity index (χ4n) is 5.74. The van der Waals surface area contributed by atoms with Crippen LogP contribution >= 0.6 is 0 Å². The van der Waals surface area contributed by atoms with Gasteiger partial charge in [-0.25, -0.2) is 14.6 Å². The zero-order valence-electron chi connectivity index (χ0n) is 23.9. The van der Waals surface area contributed by atoms with Crippen molar-refractivity contribution in [3.8, 4) is 11.5 Å². The Morgan fingerprint density at radius 3 is 2.56 bits per heavy atom. The van der Waals surface area contributed by atoms with Gasteiger partial charge in [-0.15, -0.1) is 0 Å². The highest BCUT2D eigenvalue weighted by molar-refractivity contribution is 6.09. The van der Waals surface area contributed by atoms with E-state index in [9.17, 15) is 4.79 Å². The van der Waals surface area contributed by atoms with Gasteiger partial charge in [0.05, 0.1) is 36.4 Å². The summed E-state index contributed by atoms with van der Waals surface area (Å²) >= 11 is 0. The molecule has 0 unspecified atom stereocenters. The van der Waals surface area contributed by atoms with Gasteiger partial charge in [-0.1, -0.05) is 24.3 Å². The van der Waals surface area contributed by atoms with Gasteiger partial charge in [0.2, 0.25) is 5.91 Å². The first kappa shape index (κ1) is 27.1. The molecule has 2 fully saturated rings. The number of nitrogens with zero attached hydrogens (tertiary/aromatic N) is 6. The molecule has 7 rings (SSSR count). The van der Waals surface area contributed by atoms with E-state index in [0.717, 1.165) is 84.9 Å². The Labute approximate surface area is 249 Å². The van der Waals surface area contributed by atoms with Crippen LogP contribution in [0, 0.1) is 0 Å². The zero-order valence-corrected chi connectivity index (χ0v) is 23.9. The van der Waals surface area contributed by atoms with E-state index in [0.29, 0.717) is 18.9 Å². The van der Waals surface area contributed by atoms with Crippen LogP contribution in [0.4, 0.5) is 11.5 Å². The molecule has 2 aliphatic heterocycles. The monoisotopic (exact) mass is 578 g/mol. The number of carbonyl (C=O) groups excluding carboxylic acids is 1. The Hall–Kier alpha value is -4.74. The van der Waals surface area contributed by atoms with Crippen LogP contribution in [0.3, 0.4) is 0 Å². The number of likely N-dealkylation sites (tertiary alicyclic amines) is 1. The molecule has 0 spiro atoms. The third-order valence-corrected chi connectivity index (χ3v) is 8.07. The van der Waals surface area contributed by atoms with Crippen LogP contribution in [0.1, 0.15) is 18.9 Å². The Kier molecular flexibility index (Phi) is 7.72. The molecule has 0 bridgehead atoms. The second kappa shape index (κ2) is 12.2. The highest BCUT2D eigenvalue weighted by Crippen LogP contribution is 2.34. The van der Waals surface area contributed by atoms with Crippen LogP contribution in [0.25, 0.3) is 22.1 Å². The van der Waals surface area contributed by atoms with E-state index in [4.69, 9.17) is 14.6 Å². The largest absolute Gasteiger partial charge is 0.457 e. The van der Waals surface area contributed by atoms with Crippen molar-refractivity contribution < 1.29 is 14.3 Å². The number of para-hydroxylation sites is 1. The van der Waals surface area contributed by atoms with Crippen molar-refractivity contribution in [3.63, 3.8) is 0 Å². The summed E-state index contributed by atoms with van der Waals surface area (Å²) in [5.74, 6) is 2.31. The summed E-state index contributed by atoms with van der Waals surface area (Å²) in [4.78, 5) is 29.5. The molecule has 220 valence electrons. The molecule has 2 aromatic carbocycles. The van der Waals surface area contributed by atoms with Crippen LogP contribution < -0.4 is 10.1 Å². The first-order valence-corrected chi connectivity index (χ1v) is 14.8. The number of carbonyl (C=O) groups is 1. The maximum atomic E-state index is 12.9. The number of morpholine rings is 1. The average Bonchev–Trinajstić information content (AvgIpc) is 3.50. The van der Waals surface area contributed by atoms with E-state index in [1.54, 1.807) is 12.4 Å². The lowest BCUT2D eigenvalue weighted by atomic mass is 10.0.